The predicted octanol–water partition coefficient (Wildman–Crippen LogP) is 2.15. The van der Waals surface area contributed by atoms with E-state index in [1.807, 2.05) is 24.5 Å². The van der Waals surface area contributed by atoms with Gasteiger partial charge in [0.2, 0.25) is 0 Å². The molecule has 1 aromatic carbocycles. The third-order valence-electron chi connectivity index (χ3n) is 2.37. The van der Waals surface area contributed by atoms with Crippen LogP contribution in [0.2, 0.25) is 0 Å². The van der Waals surface area contributed by atoms with Crippen molar-refractivity contribution in [2.45, 2.75) is 13.0 Å². The number of hydrogen-bond acceptors (Lipinski definition) is 1. The minimum absolute atomic E-state index is 0.815. The van der Waals surface area contributed by atoms with Gasteiger partial charge in [-0.3, -0.25) is 0 Å². The van der Waals surface area contributed by atoms with Crippen LogP contribution in [0.5, 0.6) is 0 Å². The van der Waals surface area contributed by atoms with E-state index in [1.54, 1.807) is 0 Å². The lowest BCUT2D eigenvalue weighted by atomic mass is 10.2. The fourth-order valence-electron chi connectivity index (χ4n) is 1.63. The van der Waals surface area contributed by atoms with E-state index < -0.39 is 0 Å². The molecule has 0 aliphatic carbocycles. The van der Waals surface area contributed by atoms with Gasteiger partial charge >= 0.3 is 0 Å². The summed E-state index contributed by atoms with van der Waals surface area (Å²) < 4.78 is 2.14. The minimum Gasteiger partial charge on any atom is -0.248 e. The fourth-order valence-corrected chi connectivity index (χ4v) is 1.63. The summed E-state index contributed by atoms with van der Waals surface area (Å²) in [7, 11) is 0. The van der Waals surface area contributed by atoms with E-state index in [0.29, 0.717) is 0 Å². The molecule has 80 valence electrons. The largest absolute Gasteiger partial charge is 0.248 e. The molecule has 0 atom stereocenters. The van der Waals surface area contributed by atoms with Gasteiger partial charge in [0, 0.05) is 12.0 Å². The van der Waals surface area contributed by atoms with Crippen molar-refractivity contribution < 1.29 is 4.57 Å². The van der Waals surface area contributed by atoms with E-state index in [-0.39, 0.29) is 0 Å². The molecule has 16 heavy (non-hydrogen) atoms. The minimum atomic E-state index is 0.815. The van der Waals surface area contributed by atoms with E-state index >= 15 is 0 Å². The van der Waals surface area contributed by atoms with Gasteiger partial charge in [-0.25, -0.2) is 4.98 Å². The lowest BCUT2D eigenvalue weighted by Gasteiger charge is -1.98. The van der Waals surface area contributed by atoms with E-state index in [0.717, 1.165) is 18.7 Å². The number of aromatic nitrogens is 2. The summed E-state index contributed by atoms with van der Waals surface area (Å²) in [6.07, 6.45) is 8.57. The van der Waals surface area contributed by atoms with Crippen LogP contribution in [0.4, 0.5) is 0 Å². The standard InChI is InChI=1S/C14H15N2/c1-2-6-14-12-16(10-9-15-14)11-13-7-4-3-5-8-13/h2-5,7-10,12H,1,6,11H2/q+1. The highest BCUT2D eigenvalue weighted by Gasteiger charge is 2.03. The van der Waals surface area contributed by atoms with Crippen LogP contribution in [-0.4, -0.2) is 4.98 Å². The fraction of sp³-hybridized carbons (Fsp3) is 0.143. The Hall–Kier alpha value is -1.96. The monoisotopic (exact) mass is 211 g/mol. The van der Waals surface area contributed by atoms with Crippen LogP contribution in [0.25, 0.3) is 0 Å². The van der Waals surface area contributed by atoms with Crippen molar-refractivity contribution in [1.82, 2.24) is 4.98 Å². The highest BCUT2D eigenvalue weighted by atomic mass is 15.0. The van der Waals surface area contributed by atoms with Gasteiger partial charge in [0.1, 0.15) is 5.69 Å². The van der Waals surface area contributed by atoms with Gasteiger partial charge in [0.15, 0.2) is 18.9 Å². The second-order valence-corrected chi connectivity index (χ2v) is 3.70. The quantitative estimate of drug-likeness (QED) is 0.559. The first-order chi connectivity index (χ1) is 7.88. The molecule has 0 saturated carbocycles. The topological polar surface area (TPSA) is 16.8 Å². The molecule has 0 unspecified atom stereocenters. The first kappa shape index (κ1) is 10.6. The van der Waals surface area contributed by atoms with Gasteiger partial charge in [0.05, 0.1) is 6.20 Å². The molecule has 0 radical (unpaired) electrons. The average Bonchev–Trinajstić information content (AvgIpc) is 2.31. The normalized spacial score (nSPS) is 10.0. The Morgan fingerprint density at radius 2 is 2.06 bits per heavy atom. The molecule has 2 aromatic rings. The number of hydrogen-bond donors (Lipinski definition) is 0. The maximum atomic E-state index is 4.28. The summed E-state index contributed by atoms with van der Waals surface area (Å²) in [4.78, 5) is 4.28. The molecular weight excluding hydrogens is 196 g/mol. The van der Waals surface area contributed by atoms with Crippen LogP contribution >= 0.6 is 0 Å². The Morgan fingerprint density at radius 3 is 2.81 bits per heavy atom. The molecule has 0 spiro atoms. The first-order valence-corrected chi connectivity index (χ1v) is 5.37. The van der Waals surface area contributed by atoms with Crippen LogP contribution in [0.15, 0.2) is 61.6 Å². The van der Waals surface area contributed by atoms with Crippen molar-refractivity contribution in [1.29, 1.82) is 0 Å². The molecule has 0 amide bonds. The third kappa shape index (κ3) is 2.76. The van der Waals surface area contributed by atoms with Gasteiger partial charge in [0.25, 0.3) is 0 Å². The predicted molar refractivity (Wildman–Crippen MR) is 63.9 cm³/mol. The molecule has 0 N–H and O–H groups in total. The Morgan fingerprint density at radius 1 is 1.25 bits per heavy atom. The first-order valence-electron chi connectivity index (χ1n) is 5.37. The van der Waals surface area contributed by atoms with Crippen LogP contribution in [0.3, 0.4) is 0 Å². The SMILES string of the molecule is C=CCc1c[n+](Cc2ccccc2)ccn1. The molecule has 2 rings (SSSR count). The Labute approximate surface area is 95.9 Å². The summed E-state index contributed by atoms with van der Waals surface area (Å²) in [5.41, 5.74) is 2.34. The van der Waals surface area contributed by atoms with Crippen LogP contribution in [0, 0.1) is 0 Å². The highest BCUT2D eigenvalue weighted by molar-refractivity contribution is 5.13. The Balaban J connectivity index is 2.15. The zero-order valence-corrected chi connectivity index (χ0v) is 9.21. The molecular formula is C14H15N2+. The smallest absolute Gasteiger partial charge is 0.191 e. The summed E-state index contributed by atoms with van der Waals surface area (Å²) in [5.74, 6) is 0. The molecule has 0 aliphatic rings. The summed E-state index contributed by atoms with van der Waals surface area (Å²) in [6, 6.07) is 10.4. The van der Waals surface area contributed by atoms with Crippen molar-refractivity contribution >= 4 is 0 Å². The van der Waals surface area contributed by atoms with Crippen molar-refractivity contribution in [3.8, 4) is 0 Å². The summed E-state index contributed by atoms with van der Waals surface area (Å²) >= 11 is 0. The van der Waals surface area contributed by atoms with E-state index in [9.17, 15) is 0 Å². The average molecular weight is 211 g/mol. The van der Waals surface area contributed by atoms with Crippen molar-refractivity contribution in [3.05, 3.63) is 72.8 Å². The van der Waals surface area contributed by atoms with Crippen LogP contribution in [-0.2, 0) is 13.0 Å². The second-order valence-electron chi connectivity index (χ2n) is 3.70. The number of benzene rings is 1. The van der Waals surface area contributed by atoms with Gasteiger partial charge < -0.3 is 0 Å². The van der Waals surface area contributed by atoms with E-state index in [4.69, 9.17) is 0 Å². The van der Waals surface area contributed by atoms with Gasteiger partial charge in [-0.05, 0) is 0 Å². The number of nitrogens with zero attached hydrogens (tertiary/aromatic N) is 2. The Bertz CT molecular complexity index is 463. The molecule has 1 heterocycles. The van der Waals surface area contributed by atoms with E-state index in [1.165, 1.54) is 5.56 Å². The van der Waals surface area contributed by atoms with Gasteiger partial charge in [-0.2, -0.15) is 4.57 Å². The lowest BCUT2D eigenvalue weighted by Crippen LogP contribution is -2.34. The number of allylic oxidation sites excluding steroid dienone is 1. The lowest BCUT2D eigenvalue weighted by molar-refractivity contribution is -0.689. The van der Waals surface area contributed by atoms with Crippen LogP contribution < -0.4 is 4.57 Å². The van der Waals surface area contributed by atoms with Crippen molar-refractivity contribution in [2.24, 2.45) is 0 Å². The highest BCUT2D eigenvalue weighted by Crippen LogP contribution is 1.98. The molecule has 0 aliphatic heterocycles. The molecule has 2 heteroatoms. The molecule has 0 saturated heterocycles. The van der Waals surface area contributed by atoms with E-state index in [2.05, 4.69) is 46.6 Å². The van der Waals surface area contributed by atoms with Gasteiger partial charge in [-0.15, -0.1) is 6.58 Å². The second kappa shape index (κ2) is 5.21. The van der Waals surface area contributed by atoms with Crippen molar-refractivity contribution in [2.75, 3.05) is 0 Å². The summed E-state index contributed by atoms with van der Waals surface area (Å²) in [6.45, 7) is 4.60. The molecule has 0 bridgehead atoms. The zero-order chi connectivity index (χ0) is 11.2. The van der Waals surface area contributed by atoms with Crippen molar-refractivity contribution in [3.63, 3.8) is 0 Å². The van der Waals surface area contributed by atoms with Crippen LogP contribution in [0.1, 0.15) is 11.3 Å². The number of rotatable bonds is 4. The maximum Gasteiger partial charge on any atom is 0.191 e. The molecule has 1 aromatic heterocycles. The molecule has 2 nitrogen and oxygen atoms in total. The zero-order valence-electron chi connectivity index (χ0n) is 9.21. The Kier molecular flexibility index (Phi) is 3.44. The maximum absolute atomic E-state index is 4.28. The summed E-state index contributed by atoms with van der Waals surface area (Å²) in [5, 5.41) is 0. The molecule has 0 fully saturated rings. The van der Waals surface area contributed by atoms with Gasteiger partial charge in [-0.1, -0.05) is 36.4 Å². The third-order valence-corrected chi connectivity index (χ3v) is 2.37.